The van der Waals surface area contributed by atoms with Crippen molar-refractivity contribution in [3.8, 4) is 29.6 Å². The van der Waals surface area contributed by atoms with Crippen molar-refractivity contribution in [1.29, 1.82) is 0 Å². The molecule has 6 nitrogen and oxygen atoms in total. The molecule has 0 aliphatic heterocycles. The van der Waals surface area contributed by atoms with Crippen LogP contribution in [0.1, 0.15) is 74.8 Å². The molecule has 4 rings (SSSR count). The van der Waals surface area contributed by atoms with Gasteiger partial charge in [0, 0.05) is 22.8 Å². The zero-order valence-corrected chi connectivity index (χ0v) is 25.2. The van der Waals surface area contributed by atoms with E-state index in [0.717, 1.165) is 52.3 Å². The average molecular weight is 564 g/mol. The molecule has 0 radical (unpaired) electrons. The van der Waals surface area contributed by atoms with Crippen LogP contribution in [-0.2, 0) is 26.9 Å². The summed E-state index contributed by atoms with van der Waals surface area (Å²) in [7, 11) is 1.75. The van der Waals surface area contributed by atoms with E-state index in [9.17, 15) is 9.00 Å². The lowest BCUT2D eigenvalue weighted by atomic mass is 9.97. The minimum atomic E-state index is -1.24. The molecule has 0 spiro atoms. The van der Waals surface area contributed by atoms with Crippen molar-refractivity contribution in [1.82, 2.24) is 4.72 Å². The van der Waals surface area contributed by atoms with E-state index < -0.39 is 11.0 Å². The number of hydrogen-bond acceptors (Lipinski definition) is 5. The van der Waals surface area contributed by atoms with Gasteiger partial charge >= 0.3 is 5.97 Å². The zero-order chi connectivity index (χ0) is 29.5. The van der Waals surface area contributed by atoms with Crippen LogP contribution in [0.15, 0.2) is 66.7 Å². The van der Waals surface area contributed by atoms with Gasteiger partial charge in [0.1, 0.15) is 23.4 Å². The van der Waals surface area contributed by atoms with Crippen molar-refractivity contribution in [2.24, 2.45) is 0 Å². The molecule has 3 unspecified atom stereocenters. The molecule has 0 bridgehead atoms. The molecule has 3 atom stereocenters. The first kappa shape index (κ1) is 32.6. The minimum absolute atomic E-state index is 0.0825. The van der Waals surface area contributed by atoms with Crippen LogP contribution in [0.5, 0.6) is 17.2 Å². The van der Waals surface area contributed by atoms with Gasteiger partial charge in [0.05, 0.1) is 24.5 Å². The molecule has 1 N–H and O–H groups in total. The summed E-state index contributed by atoms with van der Waals surface area (Å²) in [5.41, 5.74) is 3.99. The maximum absolute atomic E-state index is 12.1. The fourth-order valence-corrected chi connectivity index (χ4v) is 5.20. The largest absolute Gasteiger partial charge is 0.486 e. The molecule has 1 aliphatic carbocycles. The number of terminal acetylenes is 1. The molecule has 7 heteroatoms. The summed E-state index contributed by atoms with van der Waals surface area (Å²) < 4.78 is 32.1. The van der Waals surface area contributed by atoms with Gasteiger partial charge in [-0.2, -0.15) is 0 Å². The Morgan fingerprint density at radius 1 is 1.02 bits per heavy atom. The topological polar surface area (TPSA) is 73.9 Å². The van der Waals surface area contributed by atoms with Crippen LogP contribution >= 0.6 is 0 Å². The van der Waals surface area contributed by atoms with Crippen molar-refractivity contribution in [3.05, 3.63) is 89.0 Å². The normalized spacial score (nSPS) is 14.6. The van der Waals surface area contributed by atoms with Gasteiger partial charge in [0.25, 0.3) is 0 Å². The van der Waals surface area contributed by atoms with E-state index >= 15 is 0 Å². The van der Waals surface area contributed by atoms with E-state index in [-0.39, 0.29) is 24.4 Å². The maximum Gasteiger partial charge on any atom is 0.306 e. The number of fused-ring (bicyclic) bond motifs is 1. The highest BCUT2D eigenvalue weighted by atomic mass is 32.2. The first-order valence-electron chi connectivity index (χ1n) is 13.8. The second-order valence-corrected chi connectivity index (χ2v) is 9.94. The summed E-state index contributed by atoms with van der Waals surface area (Å²) in [6.07, 6.45) is 7.22. The van der Waals surface area contributed by atoms with Gasteiger partial charge in [0.2, 0.25) is 0 Å². The molecule has 0 fully saturated rings. The van der Waals surface area contributed by atoms with Gasteiger partial charge < -0.3 is 14.2 Å². The second kappa shape index (κ2) is 17.2. The average Bonchev–Trinajstić information content (AvgIpc) is 3.43. The third-order valence-electron chi connectivity index (χ3n) is 6.27. The smallest absolute Gasteiger partial charge is 0.306 e. The third kappa shape index (κ3) is 8.97. The van der Waals surface area contributed by atoms with Crippen LogP contribution in [0.4, 0.5) is 0 Å². The number of methoxy groups -OCH3 is 1. The zero-order valence-electron chi connectivity index (χ0n) is 24.4. The van der Waals surface area contributed by atoms with Gasteiger partial charge in [-0.05, 0) is 73.5 Å². The van der Waals surface area contributed by atoms with E-state index in [0.29, 0.717) is 5.75 Å². The van der Waals surface area contributed by atoms with Gasteiger partial charge in [-0.25, -0.2) is 8.93 Å². The van der Waals surface area contributed by atoms with Crippen LogP contribution in [0.25, 0.3) is 0 Å². The lowest BCUT2D eigenvalue weighted by Gasteiger charge is -2.18. The lowest BCUT2D eigenvalue weighted by molar-refractivity contribution is -0.140. The van der Waals surface area contributed by atoms with Gasteiger partial charge in [-0.15, -0.1) is 6.42 Å². The molecule has 3 aromatic rings. The summed E-state index contributed by atoms with van der Waals surface area (Å²) in [4.78, 5) is 11.9. The maximum atomic E-state index is 12.1. The molecular weight excluding hydrogens is 522 g/mol. The number of nitrogens with one attached hydrogen (secondary N) is 1. The van der Waals surface area contributed by atoms with Gasteiger partial charge in [0.15, 0.2) is 0 Å². The standard InChI is InChI=1S/C29H29NO5S.2C2H6/c1-4-20-8-12-23(13-9-20)34-27-7-5-6-25-26(27)16-17-28(25)35-24-14-10-21(11-15-24)22(18-29(31)33-3)19-36(32)30-2;2*1-2/h1,5-15,22,28,30H,16-19H2,2-3H3;2*1-2H3. The SMILES string of the molecule is C#Cc1ccc(Oc2cccc3c2CCC3Oc2ccc(C(CC(=O)OC)CS(=O)NC)cc2)cc1.CC.CC. The molecule has 0 heterocycles. The fraction of sp³-hybridized carbons (Fsp3) is 0.364. The van der Waals surface area contributed by atoms with Crippen molar-refractivity contribution < 1.29 is 23.2 Å². The minimum Gasteiger partial charge on any atom is -0.486 e. The number of ether oxygens (including phenoxy) is 3. The Labute approximate surface area is 242 Å². The van der Waals surface area contributed by atoms with Crippen LogP contribution in [0.2, 0.25) is 0 Å². The van der Waals surface area contributed by atoms with Crippen molar-refractivity contribution in [2.75, 3.05) is 19.9 Å². The van der Waals surface area contributed by atoms with Crippen LogP contribution in [0.3, 0.4) is 0 Å². The Morgan fingerprint density at radius 2 is 1.68 bits per heavy atom. The molecule has 40 heavy (non-hydrogen) atoms. The summed E-state index contributed by atoms with van der Waals surface area (Å²) in [6, 6.07) is 21.1. The number of benzene rings is 3. The van der Waals surface area contributed by atoms with Gasteiger partial charge in [-0.3, -0.25) is 4.79 Å². The second-order valence-electron chi connectivity index (χ2n) is 8.50. The number of carbonyl (C=O) groups is 1. The third-order valence-corrected chi connectivity index (χ3v) is 7.43. The monoisotopic (exact) mass is 563 g/mol. The van der Waals surface area contributed by atoms with E-state index in [1.807, 2.05) is 88.4 Å². The predicted octanol–water partition coefficient (Wildman–Crippen LogP) is 7.11. The fourth-order valence-electron chi connectivity index (χ4n) is 4.35. The molecule has 0 aromatic heterocycles. The highest BCUT2D eigenvalue weighted by Crippen LogP contribution is 2.41. The summed E-state index contributed by atoms with van der Waals surface area (Å²) in [6.45, 7) is 8.00. The highest BCUT2D eigenvalue weighted by Gasteiger charge is 2.27. The Bertz CT molecular complexity index is 1250. The molecular formula is C33H41NO5S. The molecule has 1 aliphatic rings. The summed E-state index contributed by atoms with van der Waals surface area (Å²) in [5, 5.41) is 0. The molecule has 0 saturated carbocycles. The van der Waals surface area contributed by atoms with Crippen LogP contribution in [-0.4, -0.2) is 30.1 Å². The van der Waals surface area contributed by atoms with Crippen molar-refractivity contribution in [3.63, 3.8) is 0 Å². The van der Waals surface area contributed by atoms with E-state index in [2.05, 4.69) is 16.7 Å². The predicted molar refractivity (Wildman–Crippen MR) is 163 cm³/mol. The van der Waals surface area contributed by atoms with Gasteiger partial charge in [-0.1, -0.05) is 57.9 Å². The van der Waals surface area contributed by atoms with E-state index in [4.69, 9.17) is 20.6 Å². The summed E-state index contributed by atoms with van der Waals surface area (Å²) in [5.74, 6) is 4.67. The Kier molecular flexibility index (Phi) is 14.0. The first-order chi connectivity index (χ1) is 19.5. The first-order valence-corrected chi connectivity index (χ1v) is 15.1. The highest BCUT2D eigenvalue weighted by molar-refractivity contribution is 7.83. The number of esters is 1. The molecule has 3 aromatic carbocycles. The Morgan fingerprint density at radius 3 is 2.27 bits per heavy atom. The van der Waals surface area contributed by atoms with E-state index in [1.165, 1.54) is 7.11 Å². The number of rotatable bonds is 10. The van der Waals surface area contributed by atoms with Crippen LogP contribution in [0, 0.1) is 12.3 Å². The Balaban J connectivity index is 0.00000134. The van der Waals surface area contributed by atoms with Crippen molar-refractivity contribution in [2.45, 2.75) is 59.0 Å². The quantitative estimate of drug-likeness (QED) is 0.210. The number of carbonyl (C=O) groups excluding carboxylic acids is 1. The Hall–Kier alpha value is -3.60. The van der Waals surface area contributed by atoms with Crippen molar-refractivity contribution >= 4 is 17.0 Å². The van der Waals surface area contributed by atoms with E-state index in [1.54, 1.807) is 7.05 Å². The lowest BCUT2D eigenvalue weighted by Crippen LogP contribution is -2.21. The number of hydrogen-bond donors (Lipinski definition) is 1. The summed E-state index contributed by atoms with van der Waals surface area (Å²) >= 11 is 0. The molecule has 0 saturated heterocycles. The van der Waals surface area contributed by atoms with Crippen LogP contribution < -0.4 is 14.2 Å². The molecule has 0 amide bonds. The molecule has 214 valence electrons.